The largest absolute Gasteiger partial charge is 0.459 e. The Kier molecular flexibility index (Phi) is 6.26. The first kappa shape index (κ1) is 19.8. The number of halogens is 1. The summed E-state index contributed by atoms with van der Waals surface area (Å²) < 4.78 is 5.44. The Morgan fingerprint density at radius 1 is 1.07 bits per heavy atom. The monoisotopic (exact) mass is 396 g/mol. The van der Waals surface area contributed by atoms with Gasteiger partial charge in [-0.3, -0.25) is 4.79 Å². The highest BCUT2D eigenvalue weighted by molar-refractivity contribution is 6.30. The van der Waals surface area contributed by atoms with E-state index in [9.17, 15) is 9.59 Å². The lowest BCUT2D eigenvalue weighted by molar-refractivity contribution is -0.148. The lowest BCUT2D eigenvalue weighted by atomic mass is 10.0. The van der Waals surface area contributed by atoms with E-state index < -0.39 is 12.0 Å². The third kappa shape index (κ3) is 4.67. The number of ether oxygens (including phenoxy) is 1. The highest BCUT2D eigenvalue weighted by atomic mass is 35.5. The van der Waals surface area contributed by atoms with Crippen molar-refractivity contribution in [3.05, 3.63) is 76.9 Å². The fourth-order valence-electron chi connectivity index (χ4n) is 2.79. The van der Waals surface area contributed by atoms with Gasteiger partial charge < -0.3 is 10.1 Å². The van der Waals surface area contributed by atoms with E-state index in [4.69, 9.17) is 16.3 Å². The van der Waals surface area contributed by atoms with Crippen molar-refractivity contribution in [2.75, 3.05) is 0 Å². The number of benzene rings is 2. The molecule has 1 heterocycles. The number of hydrogen-bond donors (Lipinski definition) is 1. The zero-order valence-corrected chi connectivity index (χ0v) is 16.4. The van der Waals surface area contributed by atoms with Crippen LogP contribution in [0.2, 0.25) is 5.15 Å². The molecule has 144 valence electrons. The van der Waals surface area contributed by atoms with Crippen LogP contribution in [0, 0.1) is 5.92 Å². The van der Waals surface area contributed by atoms with Gasteiger partial charge in [-0.05, 0) is 30.2 Å². The highest BCUT2D eigenvalue weighted by Crippen LogP contribution is 2.21. The van der Waals surface area contributed by atoms with Crippen molar-refractivity contribution in [1.82, 2.24) is 10.3 Å². The number of amides is 1. The molecular formula is C22H21ClN2O3. The van der Waals surface area contributed by atoms with Crippen molar-refractivity contribution in [3.63, 3.8) is 0 Å². The Bertz CT molecular complexity index is 989. The van der Waals surface area contributed by atoms with Crippen LogP contribution in [0.4, 0.5) is 0 Å². The molecular weight excluding hydrogens is 376 g/mol. The number of para-hydroxylation sites is 1. The number of pyridine rings is 1. The maximum absolute atomic E-state index is 12.6. The van der Waals surface area contributed by atoms with Crippen LogP contribution in [-0.2, 0) is 16.1 Å². The Morgan fingerprint density at radius 2 is 1.75 bits per heavy atom. The van der Waals surface area contributed by atoms with E-state index in [2.05, 4.69) is 10.3 Å². The number of carbonyl (C=O) groups excluding carboxylic acids is 2. The van der Waals surface area contributed by atoms with Crippen LogP contribution in [-0.4, -0.2) is 22.9 Å². The second kappa shape index (κ2) is 8.85. The van der Waals surface area contributed by atoms with Gasteiger partial charge in [0.25, 0.3) is 5.91 Å². The standard InChI is InChI=1S/C22H21ClN2O3/c1-14(2)19(25-21(26)15-8-4-3-5-9-15)22(27)28-13-17-12-16-10-6-7-11-18(16)24-20(17)23/h3-12,14,19H,13H2,1-2H3,(H,25,26)/t19-/m0/s1. The molecule has 3 rings (SSSR count). The summed E-state index contributed by atoms with van der Waals surface area (Å²) >= 11 is 6.22. The second-order valence-electron chi connectivity index (χ2n) is 6.80. The molecule has 1 aromatic heterocycles. The van der Waals surface area contributed by atoms with Gasteiger partial charge in [-0.25, -0.2) is 9.78 Å². The average Bonchev–Trinajstić information content (AvgIpc) is 2.70. The van der Waals surface area contributed by atoms with Crippen LogP contribution in [0.15, 0.2) is 60.7 Å². The van der Waals surface area contributed by atoms with E-state index in [1.165, 1.54) is 0 Å². The topological polar surface area (TPSA) is 68.3 Å². The van der Waals surface area contributed by atoms with E-state index in [1.807, 2.05) is 50.2 Å². The van der Waals surface area contributed by atoms with Crippen LogP contribution in [0.25, 0.3) is 10.9 Å². The van der Waals surface area contributed by atoms with E-state index in [1.54, 1.807) is 24.3 Å². The Hall–Kier alpha value is -2.92. The van der Waals surface area contributed by atoms with Crippen LogP contribution in [0.1, 0.15) is 29.8 Å². The lowest BCUT2D eigenvalue weighted by Gasteiger charge is -2.21. The molecule has 2 aromatic carbocycles. The summed E-state index contributed by atoms with van der Waals surface area (Å²) in [6, 6.07) is 17.4. The van der Waals surface area contributed by atoms with Gasteiger partial charge in [0.2, 0.25) is 0 Å². The minimum Gasteiger partial charge on any atom is -0.459 e. The third-order valence-corrected chi connectivity index (χ3v) is 4.69. The maximum Gasteiger partial charge on any atom is 0.329 e. The number of nitrogens with one attached hydrogen (secondary N) is 1. The van der Waals surface area contributed by atoms with Crippen molar-refractivity contribution < 1.29 is 14.3 Å². The molecule has 0 bridgehead atoms. The molecule has 0 spiro atoms. The Balaban J connectivity index is 1.69. The van der Waals surface area contributed by atoms with Crippen molar-refractivity contribution >= 4 is 34.4 Å². The molecule has 1 N–H and O–H groups in total. The number of fused-ring (bicyclic) bond motifs is 1. The summed E-state index contributed by atoms with van der Waals surface area (Å²) in [4.78, 5) is 29.3. The van der Waals surface area contributed by atoms with Crippen LogP contribution in [0.3, 0.4) is 0 Å². The SMILES string of the molecule is CC(C)[C@H](NC(=O)c1ccccc1)C(=O)OCc1cc2ccccc2nc1Cl. The number of nitrogens with zero attached hydrogens (tertiary/aromatic N) is 1. The summed E-state index contributed by atoms with van der Waals surface area (Å²) in [5.74, 6) is -0.962. The molecule has 1 atom stereocenters. The van der Waals surface area contributed by atoms with Gasteiger partial charge in [-0.1, -0.05) is 61.8 Å². The van der Waals surface area contributed by atoms with Crippen molar-refractivity contribution in [3.8, 4) is 0 Å². The Morgan fingerprint density at radius 3 is 2.46 bits per heavy atom. The van der Waals surface area contributed by atoms with Gasteiger partial charge in [0.15, 0.2) is 0 Å². The van der Waals surface area contributed by atoms with Gasteiger partial charge in [-0.15, -0.1) is 0 Å². The molecule has 0 aliphatic carbocycles. The third-order valence-electron chi connectivity index (χ3n) is 4.36. The van der Waals surface area contributed by atoms with Crippen molar-refractivity contribution in [2.24, 2.45) is 5.92 Å². The zero-order valence-electron chi connectivity index (χ0n) is 15.7. The average molecular weight is 397 g/mol. The molecule has 0 unspecified atom stereocenters. The number of esters is 1. The highest BCUT2D eigenvalue weighted by Gasteiger charge is 2.26. The molecule has 0 radical (unpaired) electrons. The number of carbonyl (C=O) groups is 2. The Labute approximate surface area is 168 Å². The molecule has 0 saturated heterocycles. The molecule has 5 nitrogen and oxygen atoms in total. The van der Waals surface area contributed by atoms with Crippen LogP contribution >= 0.6 is 11.6 Å². The fraction of sp³-hybridized carbons (Fsp3) is 0.227. The zero-order chi connectivity index (χ0) is 20.1. The summed E-state index contributed by atoms with van der Waals surface area (Å²) in [7, 11) is 0. The van der Waals surface area contributed by atoms with Gasteiger partial charge in [0.1, 0.15) is 17.8 Å². The maximum atomic E-state index is 12.6. The van der Waals surface area contributed by atoms with Crippen molar-refractivity contribution in [1.29, 1.82) is 0 Å². The molecule has 3 aromatic rings. The normalized spacial score (nSPS) is 12.0. The minimum absolute atomic E-state index is 0.0140. The van der Waals surface area contributed by atoms with Crippen molar-refractivity contribution in [2.45, 2.75) is 26.5 Å². The van der Waals surface area contributed by atoms with Gasteiger partial charge >= 0.3 is 5.97 Å². The first-order valence-corrected chi connectivity index (χ1v) is 9.40. The predicted molar refractivity (Wildman–Crippen MR) is 109 cm³/mol. The lowest BCUT2D eigenvalue weighted by Crippen LogP contribution is -2.45. The first-order valence-electron chi connectivity index (χ1n) is 9.02. The summed E-state index contributed by atoms with van der Waals surface area (Å²) in [5.41, 5.74) is 1.88. The quantitative estimate of drug-likeness (QED) is 0.495. The summed E-state index contributed by atoms with van der Waals surface area (Å²) in [6.45, 7) is 3.68. The molecule has 0 aliphatic rings. The van der Waals surface area contributed by atoms with Crippen LogP contribution in [0.5, 0.6) is 0 Å². The van der Waals surface area contributed by atoms with Gasteiger partial charge in [0.05, 0.1) is 5.52 Å². The summed E-state index contributed by atoms with van der Waals surface area (Å²) in [6.07, 6.45) is 0. The summed E-state index contributed by atoms with van der Waals surface area (Å²) in [5, 5.41) is 3.96. The van der Waals surface area contributed by atoms with Gasteiger partial charge in [-0.2, -0.15) is 0 Å². The van der Waals surface area contributed by atoms with E-state index in [-0.39, 0.29) is 18.4 Å². The van der Waals surface area contributed by atoms with Gasteiger partial charge in [0, 0.05) is 16.5 Å². The smallest absolute Gasteiger partial charge is 0.329 e. The second-order valence-corrected chi connectivity index (χ2v) is 7.16. The first-order chi connectivity index (χ1) is 13.5. The molecule has 0 saturated carbocycles. The van der Waals surface area contributed by atoms with E-state index >= 15 is 0 Å². The van der Waals surface area contributed by atoms with E-state index in [0.29, 0.717) is 16.3 Å². The molecule has 0 aliphatic heterocycles. The predicted octanol–water partition coefficient (Wildman–Crippen LogP) is 4.39. The number of hydrogen-bond acceptors (Lipinski definition) is 4. The molecule has 6 heteroatoms. The number of rotatable bonds is 6. The number of aromatic nitrogens is 1. The molecule has 1 amide bonds. The molecule has 28 heavy (non-hydrogen) atoms. The van der Waals surface area contributed by atoms with Crippen LogP contribution < -0.4 is 5.32 Å². The molecule has 0 fully saturated rings. The fourth-order valence-corrected chi connectivity index (χ4v) is 2.99. The minimum atomic E-state index is -0.764. The van der Waals surface area contributed by atoms with E-state index in [0.717, 1.165) is 10.9 Å².